The van der Waals surface area contributed by atoms with E-state index in [2.05, 4.69) is 32.1 Å². The van der Waals surface area contributed by atoms with E-state index in [0.717, 1.165) is 18.5 Å². The summed E-state index contributed by atoms with van der Waals surface area (Å²) < 4.78 is 1.51. The molecule has 0 atom stereocenters. The summed E-state index contributed by atoms with van der Waals surface area (Å²) in [5.41, 5.74) is 2.98. The third-order valence-electron chi connectivity index (χ3n) is 4.07. The molecule has 1 aromatic carbocycles. The number of hydrogen-bond acceptors (Lipinski definition) is 6. The smallest absolute Gasteiger partial charge is 0.221 e. The molecule has 0 aliphatic heterocycles. The number of rotatable bonds is 5. The van der Waals surface area contributed by atoms with Crippen LogP contribution in [0.15, 0.2) is 30.5 Å². The highest BCUT2D eigenvalue weighted by molar-refractivity contribution is 6.33. The predicted octanol–water partition coefficient (Wildman–Crippen LogP) is 3.53. The number of carbonyl (C=O) groups excluding carboxylic acids is 1. The Morgan fingerprint density at radius 3 is 2.85 bits per heavy atom. The van der Waals surface area contributed by atoms with E-state index in [9.17, 15) is 10.1 Å². The number of amides is 1. The lowest BCUT2D eigenvalue weighted by Gasteiger charge is -2.12. The molecule has 2 heterocycles. The van der Waals surface area contributed by atoms with Gasteiger partial charge in [0.1, 0.15) is 6.07 Å². The maximum atomic E-state index is 11.3. The summed E-state index contributed by atoms with van der Waals surface area (Å²) >= 11 is 6.12. The van der Waals surface area contributed by atoms with Gasteiger partial charge in [-0.05, 0) is 31.0 Å². The van der Waals surface area contributed by atoms with Gasteiger partial charge in [-0.2, -0.15) is 9.78 Å². The summed E-state index contributed by atoms with van der Waals surface area (Å²) in [4.78, 5) is 15.6. The molecule has 2 aromatic heterocycles. The van der Waals surface area contributed by atoms with Gasteiger partial charge in [-0.25, -0.2) is 4.98 Å². The first-order valence-corrected chi connectivity index (χ1v) is 8.81. The van der Waals surface area contributed by atoms with Crippen LogP contribution in [0.5, 0.6) is 0 Å². The summed E-state index contributed by atoms with van der Waals surface area (Å²) in [6.45, 7) is 1.42. The Balaban J connectivity index is 1.71. The Bertz CT molecular complexity index is 1080. The first kappa shape index (κ1) is 17.1. The number of carbonyl (C=O) groups is 1. The minimum Gasteiger partial charge on any atom is -0.379 e. The molecule has 1 aliphatic rings. The zero-order valence-corrected chi connectivity index (χ0v) is 15.2. The molecule has 136 valence electrons. The van der Waals surface area contributed by atoms with Gasteiger partial charge in [0, 0.05) is 24.7 Å². The van der Waals surface area contributed by atoms with Crippen LogP contribution in [-0.4, -0.2) is 26.5 Å². The van der Waals surface area contributed by atoms with E-state index >= 15 is 0 Å². The monoisotopic (exact) mass is 381 g/mol. The Hall–Kier alpha value is -3.31. The van der Waals surface area contributed by atoms with Crippen molar-refractivity contribution in [2.45, 2.75) is 25.8 Å². The number of nitriles is 1. The normalized spacial score (nSPS) is 13.2. The average molecular weight is 382 g/mol. The van der Waals surface area contributed by atoms with Crippen molar-refractivity contribution in [2.24, 2.45) is 0 Å². The Labute approximate surface area is 160 Å². The maximum absolute atomic E-state index is 11.3. The van der Waals surface area contributed by atoms with Gasteiger partial charge in [-0.15, -0.1) is 5.10 Å². The number of aromatic nitrogens is 3. The average Bonchev–Trinajstić information content (AvgIpc) is 3.34. The molecule has 1 aliphatic carbocycles. The predicted molar refractivity (Wildman–Crippen MR) is 103 cm³/mol. The number of benzene rings is 1. The second-order valence-corrected chi connectivity index (χ2v) is 6.76. The van der Waals surface area contributed by atoms with Crippen molar-refractivity contribution in [1.29, 1.82) is 5.26 Å². The van der Waals surface area contributed by atoms with Crippen LogP contribution in [-0.2, 0) is 4.79 Å². The highest BCUT2D eigenvalue weighted by atomic mass is 35.5. The van der Waals surface area contributed by atoms with Crippen molar-refractivity contribution in [3.63, 3.8) is 0 Å². The highest BCUT2D eigenvalue weighted by Gasteiger charge is 2.23. The molecular weight excluding hydrogens is 366 g/mol. The van der Waals surface area contributed by atoms with Crippen molar-refractivity contribution in [1.82, 2.24) is 14.6 Å². The van der Waals surface area contributed by atoms with E-state index in [1.807, 2.05) is 6.07 Å². The van der Waals surface area contributed by atoms with Gasteiger partial charge in [-0.1, -0.05) is 11.6 Å². The van der Waals surface area contributed by atoms with Gasteiger partial charge in [0.25, 0.3) is 0 Å². The maximum Gasteiger partial charge on any atom is 0.221 e. The molecule has 0 bridgehead atoms. The van der Waals surface area contributed by atoms with Gasteiger partial charge in [0.2, 0.25) is 5.91 Å². The first-order valence-electron chi connectivity index (χ1n) is 8.43. The van der Waals surface area contributed by atoms with E-state index in [1.165, 1.54) is 17.6 Å². The molecule has 0 saturated heterocycles. The quantitative estimate of drug-likeness (QED) is 0.624. The van der Waals surface area contributed by atoms with Crippen LogP contribution in [0.25, 0.3) is 5.65 Å². The van der Waals surface area contributed by atoms with Crippen LogP contribution in [0.1, 0.15) is 25.5 Å². The third kappa shape index (κ3) is 3.64. The van der Waals surface area contributed by atoms with E-state index in [-0.39, 0.29) is 5.91 Å². The van der Waals surface area contributed by atoms with E-state index in [0.29, 0.717) is 39.6 Å². The zero-order chi connectivity index (χ0) is 19.0. The number of anilines is 4. The summed E-state index contributed by atoms with van der Waals surface area (Å²) in [5, 5.41) is 23.5. The number of nitrogens with zero attached hydrogens (tertiary/aromatic N) is 4. The second-order valence-electron chi connectivity index (χ2n) is 6.35. The molecule has 0 spiro atoms. The molecule has 1 saturated carbocycles. The Kier molecular flexibility index (Phi) is 4.30. The molecule has 27 heavy (non-hydrogen) atoms. The van der Waals surface area contributed by atoms with Crippen LogP contribution in [0.2, 0.25) is 5.02 Å². The fraction of sp³-hybridized carbons (Fsp3) is 0.222. The largest absolute Gasteiger partial charge is 0.379 e. The van der Waals surface area contributed by atoms with Crippen LogP contribution < -0.4 is 16.0 Å². The number of hydrogen-bond donors (Lipinski definition) is 3. The van der Waals surface area contributed by atoms with E-state index in [4.69, 9.17) is 11.6 Å². The van der Waals surface area contributed by atoms with Gasteiger partial charge in [-0.3, -0.25) is 4.79 Å². The molecule has 0 unspecified atom stereocenters. The van der Waals surface area contributed by atoms with Crippen molar-refractivity contribution in [3.05, 3.63) is 41.2 Å². The topological polar surface area (TPSA) is 107 Å². The zero-order valence-electron chi connectivity index (χ0n) is 14.5. The van der Waals surface area contributed by atoms with Gasteiger partial charge >= 0.3 is 0 Å². The van der Waals surface area contributed by atoms with Crippen molar-refractivity contribution < 1.29 is 4.79 Å². The van der Waals surface area contributed by atoms with Crippen LogP contribution in [0, 0.1) is 11.3 Å². The Morgan fingerprint density at radius 2 is 2.15 bits per heavy atom. The molecule has 8 nitrogen and oxygen atoms in total. The summed E-state index contributed by atoms with van der Waals surface area (Å²) in [6, 6.07) is 9.57. The van der Waals surface area contributed by atoms with Crippen LogP contribution >= 0.6 is 11.6 Å². The summed E-state index contributed by atoms with van der Waals surface area (Å²) in [5.74, 6) is 0.331. The highest BCUT2D eigenvalue weighted by Crippen LogP contribution is 2.31. The second kappa shape index (κ2) is 6.78. The van der Waals surface area contributed by atoms with E-state index in [1.54, 1.807) is 18.2 Å². The van der Waals surface area contributed by atoms with Gasteiger partial charge in [0.15, 0.2) is 17.2 Å². The lowest BCUT2D eigenvalue weighted by atomic mass is 10.2. The van der Waals surface area contributed by atoms with E-state index < -0.39 is 0 Å². The summed E-state index contributed by atoms with van der Waals surface area (Å²) in [7, 11) is 0. The molecule has 1 amide bonds. The number of nitrogens with one attached hydrogen (secondary N) is 3. The summed E-state index contributed by atoms with van der Waals surface area (Å²) in [6.07, 6.45) is 3.72. The molecule has 9 heteroatoms. The lowest BCUT2D eigenvalue weighted by Crippen LogP contribution is -2.08. The van der Waals surface area contributed by atoms with Gasteiger partial charge in [0.05, 0.1) is 22.6 Å². The molecular formula is C18H16ClN7O. The number of imidazole rings is 1. The van der Waals surface area contributed by atoms with Crippen molar-refractivity contribution >= 4 is 46.0 Å². The lowest BCUT2D eigenvalue weighted by molar-refractivity contribution is -0.114. The molecule has 4 rings (SSSR count). The molecule has 0 radical (unpaired) electrons. The minimum atomic E-state index is -0.207. The van der Waals surface area contributed by atoms with Crippen molar-refractivity contribution in [2.75, 3.05) is 16.0 Å². The number of halogens is 1. The fourth-order valence-corrected chi connectivity index (χ4v) is 2.86. The standard InChI is InChI=1S/C18H16ClN7O/c1-10(27)22-15-6-12(4-5-14(15)19)24-17-7-16(23-11-2-3-11)18-21-9-13(8-20)26(18)25-17/h4-7,9,11,23H,2-3H2,1H3,(H,22,27)(H,24,25). The third-order valence-corrected chi connectivity index (χ3v) is 4.40. The molecule has 3 N–H and O–H groups in total. The van der Waals surface area contributed by atoms with Crippen molar-refractivity contribution in [3.8, 4) is 6.07 Å². The van der Waals surface area contributed by atoms with Gasteiger partial charge < -0.3 is 16.0 Å². The minimum absolute atomic E-state index is 0.207. The van der Waals surface area contributed by atoms with Crippen LogP contribution in [0.4, 0.5) is 22.9 Å². The molecule has 1 fully saturated rings. The fourth-order valence-electron chi connectivity index (χ4n) is 2.70. The number of fused-ring (bicyclic) bond motifs is 1. The Morgan fingerprint density at radius 1 is 1.33 bits per heavy atom. The molecule has 3 aromatic rings. The first-order chi connectivity index (χ1) is 13.0. The van der Waals surface area contributed by atoms with Crippen LogP contribution in [0.3, 0.4) is 0 Å². The SMILES string of the molecule is CC(=O)Nc1cc(Nc2cc(NC3CC3)c3ncc(C#N)n3n2)ccc1Cl.